The number of hydrogen-bond acceptors (Lipinski definition) is 5. The van der Waals surface area contributed by atoms with Crippen molar-refractivity contribution < 1.29 is 29.3 Å². The Labute approximate surface area is 116 Å². The third-order valence-electron chi connectivity index (χ3n) is 2.39. The molecule has 0 aliphatic heterocycles. The summed E-state index contributed by atoms with van der Waals surface area (Å²) in [5.74, 6) is -2.29. The lowest BCUT2D eigenvalue weighted by Crippen LogP contribution is -2.10. The highest BCUT2D eigenvalue weighted by Gasteiger charge is 2.14. The van der Waals surface area contributed by atoms with Crippen molar-refractivity contribution in [3.63, 3.8) is 0 Å². The number of esters is 1. The van der Waals surface area contributed by atoms with Gasteiger partial charge in [0.1, 0.15) is 0 Å². The molecule has 0 spiro atoms. The molecule has 0 atom stereocenters. The highest BCUT2D eigenvalue weighted by atomic mass is 16.6. The van der Waals surface area contributed by atoms with Crippen LogP contribution in [0.3, 0.4) is 0 Å². The van der Waals surface area contributed by atoms with Gasteiger partial charge in [-0.2, -0.15) is 0 Å². The lowest BCUT2D eigenvalue weighted by Gasteiger charge is -2.06. The molecule has 108 valence electrons. The Balaban J connectivity index is 3.02. The quantitative estimate of drug-likeness (QED) is 0.471. The second-order valence-corrected chi connectivity index (χ2v) is 3.97. The molecule has 1 aromatic carbocycles. The molecule has 0 aromatic heterocycles. The fraction of sp³-hybridized carbons (Fsp3) is 0.286. The van der Waals surface area contributed by atoms with Crippen LogP contribution in [0.15, 0.2) is 24.0 Å². The van der Waals surface area contributed by atoms with Crippen LogP contribution in [0.1, 0.15) is 25.3 Å². The van der Waals surface area contributed by atoms with Crippen LogP contribution in [0.2, 0.25) is 0 Å². The number of carboxylic acid groups (broad SMARTS) is 1. The Morgan fingerprint density at radius 1 is 1.35 bits per heavy atom. The molecule has 0 aliphatic carbocycles. The van der Waals surface area contributed by atoms with Gasteiger partial charge < -0.3 is 19.7 Å². The van der Waals surface area contributed by atoms with Crippen LogP contribution in [0.4, 0.5) is 0 Å². The van der Waals surface area contributed by atoms with Gasteiger partial charge in [-0.25, -0.2) is 4.79 Å². The number of phenols is 1. The van der Waals surface area contributed by atoms with Gasteiger partial charge in [0.25, 0.3) is 0 Å². The zero-order valence-electron chi connectivity index (χ0n) is 11.3. The van der Waals surface area contributed by atoms with Crippen molar-refractivity contribution in [1.82, 2.24) is 0 Å². The van der Waals surface area contributed by atoms with Gasteiger partial charge in [-0.3, -0.25) is 4.79 Å². The van der Waals surface area contributed by atoms with Crippen molar-refractivity contribution in [2.45, 2.75) is 19.8 Å². The third-order valence-corrected chi connectivity index (χ3v) is 2.39. The summed E-state index contributed by atoms with van der Waals surface area (Å²) in [6.07, 6.45) is 1.90. The van der Waals surface area contributed by atoms with Gasteiger partial charge in [-0.05, 0) is 30.2 Å². The van der Waals surface area contributed by atoms with E-state index in [1.165, 1.54) is 31.4 Å². The number of carbonyl (C=O) groups excluding carboxylic acids is 1. The molecule has 0 fully saturated rings. The molecule has 20 heavy (non-hydrogen) atoms. The highest BCUT2D eigenvalue weighted by molar-refractivity contribution is 5.92. The molecule has 6 nitrogen and oxygen atoms in total. The maximum absolute atomic E-state index is 11.3. The Morgan fingerprint density at radius 2 is 2.05 bits per heavy atom. The molecule has 0 saturated carbocycles. The standard InChI is InChI=1S/C14H16O6/c1-3-4-13(16)20-12(14(17)18)8-9-5-6-10(15)11(7-9)19-2/h5-8,15H,3-4H2,1-2H3,(H,17,18)/b12-8-. The van der Waals surface area contributed by atoms with E-state index >= 15 is 0 Å². The molecule has 0 bridgehead atoms. The SMILES string of the molecule is CCCC(=O)O/C(=C\c1ccc(O)c(OC)c1)C(=O)O. The summed E-state index contributed by atoms with van der Waals surface area (Å²) in [6.45, 7) is 1.79. The Hall–Kier alpha value is -2.50. The van der Waals surface area contributed by atoms with Crippen LogP contribution >= 0.6 is 0 Å². The average molecular weight is 280 g/mol. The summed E-state index contributed by atoms with van der Waals surface area (Å²) >= 11 is 0. The molecule has 0 unspecified atom stereocenters. The summed E-state index contributed by atoms with van der Waals surface area (Å²) in [5, 5.41) is 18.5. The van der Waals surface area contributed by atoms with Gasteiger partial charge >= 0.3 is 11.9 Å². The Kier molecular flexibility index (Phi) is 5.58. The van der Waals surface area contributed by atoms with Gasteiger partial charge in [0.05, 0.1) is 7.11 Å². The molecule has 6 heteroatoms. The normalized spacial score (nSPS) is 11.0. The molecule has 0 radical (unpaired) electrons. The molecule has 0 heterocycles. The predicted molar refractivity (Wildman–Crippen MR) is 71.3 cm³/mol. The summed E-state index contributed by atoms with van der Waals surface area (Å²) in [6, 6.07) is 4.28. The van der Waals surface area contributed by atoms with Crippen molar-refractivity contribution in [2.24, 2.45) is 0 Å². The van der Waals surface area contributed by atoms with Gasteiger partial charge in [0.15, 0.2) is 11.5 Å². The minimum absolute atomic E-state index is 0.0653. The lowest BCUT2D eigenvalue weighted by atomic mass is 10.2. The third kappa shape index (κ3) is 4.31. The highest BCUT2D eigenvalue weighted by Crippen LogP contribution is 2.27. The zero-order valence-corrected chi connectivity index (χ0v) is 11.3. The summed E-state index contributed by atoms with van der Waals surface area (Å²) in [4.78, 5) is 22.4. The van der Waals surface area contributed by atoms with Crippen molar-refractivity contribution in [3.05, 3.63) is 29.5 Å². The van der Waals surface area contributed by atoms with Crippen LogP contribution in [0.25, 0.3) is 6.08 Å². The maximum atomic E-state index is 11.3. The van der Waals surface area contributed by atoms with Crippen molar-refractivity contribution in [3.8, 4) is 11.5 Å². The molecule has 1 rings (SSSR count). The molecule has 1 aromatic rings. The minimum atomic E-state index is -1.35. The monoisotopic (exact) mass is 280 g/mol. The van der Waals surface area contributed by atoms with Gasteiger partial charge in [0, 0.05) is 6.42 Å². The molecule has 0 saturated heterocycles. The van der Waals surface area contributed by atoms with E-state index in [1.54, 1.807) is 6.92 Å². The predicted octanol–water partition coefficient (Wildman–Crippen LogP) is 2.17. The first-order valence-electron chi connectivity index (χ1n) is 6.00. The second-order valence-electron chi connectivity index (χ2n) is 3.97. The van der Waals surface area contributed by atoms with E-state index in [0.717, 1.165) is 0 Å². The van der Waals surface area contributed by atoms with Crippen LogP contribution in [-0.4, -0.2) is 29.3 Å². The topological polar surface area (TPSA) is 93.1 Å². The second kappa shape index (κ2) is 7.18. The molecule has 2 N–H and O–H groups in total. The van der Waals surface area contributed by atoms with Crippen LogP contribution < -0.4 is 4.74 Å². The smallest absolute Gasteiger partial charge is 0.371 e. The summed E-state index contributed by atoms with van der Waals surface area (Å²) < 4.78 is 9.69. The van der Waals surface area contributed by atoms with Crippen LogP contribution in [0.5, 0.6) is 11.5 Å². The van der Waals surface area contributed by atoms with E-state index in [1.807, 2.05) is 0 Å². The number of aliphatic carboxylic acids is 1. The van der Waals surface area contributed by atoms with Crippen molar-refractivity contribution in [1.29, 1.82) is 0 Å². The first kappa shape index (κ1) is 15.6. The van der Waals surface area contributed by atoms with Crippen LogP contribution in [-0.2, 0) is 14.3 Å². The lowest BCUT2D eigenvalue weighted by molar-refractivity contribution is -0.147. The number of rotatable bonds is 6. The number of hydrogen-bond donors (Lipinski definition) is 2. The van der Waals surface area contributed by atoms with Gasteiger partial charge in [-0.1, -0.05) is 13.0 Å². The van der Waals surface area contributed by atoms with E-state index in [2.05, 4.69) is 0 Å². The molecular formula is C14H16O6. The average Bonchev–Trinajstić information content (AvgIpc) is 2.40. The number of methoxy groups -OCH3 is 1. The summed E-state index contributed by atoms with van der Waals surface area (Å²) in [7, 11) is 1.38. The van der Waals surface area contributed by atoms with E-state index in [0.29, 0.717) is 12.0 Å². The largest absolute Gasteiger partial charge is 0.504 e. The Morgan fingerprint density at radius 3 is 2.60 bits per heavy atom. The van der Waals surface area contributed by atoms with Crippen molar-refractivity contribution in [2.75, 3.05) is 7.11 Å². The summed E-state index contributed by atoms with van der Waals surface area (Å²) in [5.41, 5.74) is 0.432. The van der Waals surface area contributed by atoms with Gasteiger partial charge in [0.2, 0.25) is 5.76 Å². The molecule has 0 amide bonds. The van der Waals surface area contributed by atoms with E-state index < -0.39 is 17.7 Å². The zero-order chi connectivity index (χ0) is 15.1. The number of phenolic OH excluding ortho intramolecular Hbond substituents is 1. The van der Waals surface area contributed by atoms with Gasteiger partial charge in [-0.15, -0.1) is 0 Å². The number of carbonyl (C=O) groups is 2. The Bertz CT molecular complexity index is 532. The first-order valence-corrected chi connectivity index (χ1v) is 6.00. The fourth-order valence-electron chi connectivity index (χ4n) is 1.45. The number of aromatic hydroxyl groups is 1. The number of benzene rings is 1. The fourth-order valence-corrected chi connectivity index (χ4v) is 1.45. The number of ether oxygens (including phenoxy) is 2. The van der Waals surface area contributed by atoms with E-state index in [4.69, 9.17) is 14.6 Å². The maximum Gasteiger partial charge on any atom is 0.371 e. The molecule has 0 aliphatic rings. The molecular weight excluding hydrogens is 264 g/mol. The van der Waals surface area contributed by atoms with E-state index in [9.17, 15) is 14.7 Å². The first-order chi connectivity index (χ1) is 9.47. The number of carboxylic acids is 1. The minimum Gasteiger partial charge on any atom is -0.504 e. The van der Waals surface area contributed by atoms with E-state index in [-0.39, 0.29) is 17.9 Å². The van der Waals surface area contributed by atoms with Crippen LogP contribution in [0, 0.1) is 0 Å². The van der Waals surface area contributed by atoms with Crippen molar-refractivity contribution >= 4 is 18.0 Å².